The third kappa shape index (κ3) is 3.20. The lowest BCUT2D eigenvalue weighted by Crippen LogP contribution is -2.01. The van der Waals surface area contributed by atoms with Gasteiger partial charge in [-0.2, -0.15) is 0 Å². The minimum absolute atomic E-state index is 0.148. The number of benzene rings is 1. The summed E-state index contributed by atoms with van der Waals surface area (Å²) >= 11 is 0. The molecular weight excluding hydrogens is 195 g/mol. The summed E-state index contributed by atoms with van der Waals surface area (Å²) in [6.45, 7) is 6.00. The molecule has 0 aliphatic carbocycles. The van der Waals surface area contributed by atoms with Crippen LogP contribution in [0.5, 0.6) is 5.75 Å². The number of rotatable bonds is 5. The van der Waals surface area contributed by atoms with Crippen molar-refractivity contribution in [2.45, 2.75) is 13.3 Å². The van der Waals surface area contributed by atoms with Crippen LogP contribution < -0.4 is 4.74 Å². The Morgan fingerprint density at radius 1 is 1.60 bits per heavy atom. The van der Waals surface area contributed by atoms with E-state index in [9.17, 15) is 9.18 Å². The van der Waals surface area contributed by atoms with Crippen LogP contribution in [0.1, 0.15) is 23.7 Å². The highest BCUT2D eigenvalue weighted by Crippen LogP contribution is 2.18. The lowest BCUT2D eigenvalue weighted by molar-refractivity contribution is 0.112. The molecular formula is C12H13FO2. The van der Waals surface area contributed by atoms with Gasteiger partial charge in [-0.1, -0.05) is 13.5 Å². The van der Waals surface area contributed by atoms with Crippen LogP contribution in [0.3, 0.4) is 0 Å². The van der Waals surface area contributed by atoms with E-state index < -0.39 is 5.82 Å². The van der Waals surface area contributed by atoms with E-state index in [4.69, 9.17) is 4.74 Å². The molecule has 0 unspecified atom stereocenters. The van der Waals surface area contributed by atoms with Crippen LogP contribution >= 0.6 is 0 Å². The van der Waals surface area contributed by atoms with E-state index in [0.29, 0.717) is 18.5 Å². The molecule has 0 aromatic heterocycles. The Morgan fingerprint density at radius 2 is 2.33 bits per heavy atom. The Hall–Kier alpha value is -1.64. The molecule has 0 saturated heterocycles. The molecule has 1 aromatic rings. The first-order chi connectivity index (χ1) is 7.17. The van der Waals surface area contributed by atoms with Gasteiger partial charge in [-0.25, -0.2) is 4.39 Å². The molecule has 0 saturated carbocycles. The summed E-state index contributed by atoms with van der Waals surface area (Å²) in [7, 11) is 0. The number of carbonyl (C=O) groups is 1. The van der Waals surface area contributed by atoms with Crippen molar-refractivity contribution in [3.63, 3.8) is 0 Å². The summed E-state index contributed by atoms with van der Waals surface area (Å²) in [6, 6.07) is 4.11. The normalized spacial score (nSPS) is 9.73. The van der Waals surface area contributed by atoms with E-state index in [2.05, 4.69) is 6.58 Å². The standard InChI is InChI=1S/C12H13FO2/c1-3-9(2)8-15-12-5-4-10(7-14)6-11(12)13/h4-7H,2-3,8H2,1H3. The molecule has 0 aliphatic heterocycles. The Kier molecular flexibility index (Phi) is 4.03. The van der Waals surface area contributed by atoms with Gasteiger partial charge in [0.25, 0.3) is 0 Å². The molecule has 0 radical (unpaired) electrons. The van der Waals surface area contributed by atoms with Gasteiger partial charge in [-0.05, 0) is 30.2 Å². The molecule has 15 heavy (non-hydrogen) atoms. The van der Waals surface area contributed by atoms with Crippen LogP contribution in [0.4, 0.5) is 4.39 Å². The minimum Gasteiger partial charge on any atom is -0.486 e. The van der Waals surface area contributed by atoms with Crippen LogP contribution in [-0.4, -0.2) is 12.9 Å². The first kappa shape index (κ1) is 11.4. The van der Waals surface area contributed by atoms with Gasteiger partial charge in [0, 0.05) is 5.56 Å². The zero-order valence-electron chi connectivity index (χ0n) is 8.63. The van der Waals surface area contributed by atoms with Gasteiger partial charge in [0.05, 0.1) is 0 Å². The Bertz CT molecular complexity index is 372. The summed E-state index contributed by atoms with van der Waals surface area (Å²) in [5.74, 6) is -0.376. The molecule has 0 aliphatic rings. The lowest BCUT2D eigenvalue weighted by Gasteiger charge is -2.07. The minimum atomic E-state index is -0.525. The molecule has 1 rings (SSSR count). The number of aldehydes is 1. The first-order valence-electron chi connectivity index (χ1n) is 4.71. The largest absolute Gasteiger partial charge is 0.486 e. The maximum absolute atomic E-state index is 13.3. The average Bonchev–Trinajstić information content (AvgIpc) is 2.26. The quantitative estimate of drug-likeness (QED) is 0.549. The number of carbonyl (C=O) groups excluding carboxylic acids is 1. The molecule has 0 N–H and O–H groups in total. The summed E-state index contributed by atoms with van der Waals surface area (Å²) in [5, 5.41) is 0. The van der Waals surface area contributed by atoms with Crippen molar-refractivity contribution in [1.29, 1.82) is 0 Å². The Balaban J connectivity index is 2.70. The zero-order valence-corrected chi connectivity index (χ0v) is 8.63. The molecule has 0 bridgehead atoms. The summed E-state index contributed by atoms with van der Waals surface area (Å²) in [5.41, 5.74) is 1.20. The maximum atomic E-state index is 13.3. The van der Waals surface area contributed by atoms with Crippen molar-refractivity contribution < 1.29 is 13.9 Å². The van der Waals surface area contributed by atoms with Crippen molar-refractivity contribution in [1.82, 2.24) is 0 Å². The SMILES string of the molecule is C=C(CC)COc1ccc(C=O)cc1F. The van der Waals surface area contributed by atoms with E-state index in [1.807, 2.05) is 6.92 Å². The number of hydrogen-bond donors (Lipinski definition) is 0. The summed E-state index contributed by atoms with van der Waals surface area (Å²) < 4.78 is 18.5. The summed E-state index contributed by atoms with van der Waals surface area (Å²) in [6.07, 6.45) is 1.39. The van der Waals surface area contributed by atoms with Crippen molar-refractivity contribution in [3.05, 3.63) is 41.7 Å². The molecule has 0 amide bonds. The van der Waals surface area contributed by atoms with Gasteiger partial charge < -0.3 is 4.74 Å². The Morgan fingerprint density at radius 3 is 2.87 bits per heavy atom. The number of ether oxygens (including phenoxy) is 1. The van der Waals surface area contributed by atoms with Crippen LogP contribution in [0.15, 0.2) is 30.4 Å². The first-order valence-corrected chi connectivity index (χ1v) is 4.71. The van der Waals surface area contributed by atoms with Gasteiger partial charge in [0.2, 0.25) is 0 Å². The van der Waals surface area contributed by atoms with Crippen LogP contribution in [0, 0.1) is 5.82 Å². The molecule has 0 spiro atoms. The van der Waals surface area contributed by atoms with Gasteiger partial charge in [0.15, 0.2) is 11.6 Å². The maximum Gasteiger partial charge on any atom is 0.165 e. The second kappa shape index (κ2) is 5.29. The van der Waals surface area contributed by atoms with Gasteiger partial charge >= 0.3 is 0 Å². The van der Waals surface area contributed by atoms with Crippen LogP contribution in [0.2, 0.25) is 0 Å². The van der Waals surface area contributed by atoms with Crippen molar-refractivity contribution in [3.8, 4) is 5.75 Å². The molecule has 0 fully saturated rings. The zero-order chi connectivity index (χ0) is 11.3. The average molecular weight is 208 g/mol. The fraction of sp³-hybridized carbons (Fsp3) is 0.250. The van der Waals surface area contributed by atoms with E-state index in [0.717, 1.165) is 18.1 Å². The molecule has 3 heteroatoms. The predicted octanol–water partition coefficient (Wildman–Crippen LogP) is 2.98. The third-order valence-electron chi connectivity index (χ3n) is 2.02. The van der Waals surface area contributed by atoms with Gasteiger partial charge in [-0.15, -0.1) is 0 Å². The monoisotopic (exact) mass is 208 g/mol. The van der Waals surface area contributed by atoms with Crippen LogP contribution in [-0.2, 0) is 0 Å². The predicted molar refractivity (Wildman–Crippen MR) is 56.7 cm³/mol. The molecule has 2 nitrogen and oxygen atoms in total. The van der Waals surface area contributed by atoms with Crippen molar-refractivity contribution >= 4 is 6.29 Å². The molecule has 0 heterocycles. The second-order valence-corrected chi connectivity index (χ2v) is 3.20. The third-order valence-corrected chi connectivity index (χ3v) is 2.02. The van der Waals surface area contributed by atoms with Gasteiger partial charge in [0.1, 0.15) is 12.9 Å². The summed E-state index contributed by atoms with van der Waals surface area (Å²) in [4.78, 5) is 10.4. The Labute approximate surface area is 88.4 Å². The van der Waals surface area contributed by atoms with E-state index >= 15 is 0 Å². The number of hydrogen-bond acceptors (Lipinski definition) is 2. The fourth-order valence-electron chi connectivity index (χ4n) is 0.989. The lowest BCUT2D eigenvalue weighted by atomic mass is 10.2. The van der Waals surface area contributed by atoms with Gasteiger partial charge in [-0.3, -0.25) is 4.79 Å². The van der Waals surface area contributed by atoms with E-state index in [1.165, 1.54) is 12.1 Å². The highest BCUT2D eigenvalue weighted by Gasteiger charge is 2.04. The van der Waals surface area contributed by atoms with Crippen molar-refractivity contribution in [2.24, 2.45) is 0 Å². The highest BCUT2D eigenvalue weighted by atomic mass is 19.1. The number of halogens is 1. The van der Waals surface area contributed by atoms with Crippen molar-refractivity contribution in [2.75, 3.05) is 6.61 Å². The molecule has 0 atom stereocenters. The fourth-order valence-corrected chi connectivity index (χ4v) is 0.989. The molecule has 80 valence electrons. The topological polar surface area (TPSA) is 26.3 Å². The second-order valence-electron chi connectivity index (χ2n) is 3.20. The molecule has 1 aromatic carbocycles. The van der Waals surface area contributed by atoms with E-state index in [1.54, 1.807) is 0 Å². The van der Waals surface area contributed by atoms with E-state index in [-0.39, 0.29) is 5.75 Å². The highest BCUT2D eigenvalue weighted by molar-refractivity contribution is 5.74. The smallest absolute Gasteiger partial charge is 0.165 e. The van der Waals surface area contributed by atoms with Crippen LogP contribution in [0.25, 0.3) is 0 Å².